The molecule has 1 amide bonds. The smallest absolute Gasteiger partial charge is 0.220 e. The Balaban J connectivity index is 3.79. The van der Waals surface area contributed by atoms with E-state index >= 15 is 0 Å². The second kappa shape index (κ2) is 7.09. The first-order valence-corrected chi connectivity index (χ1v) is 6.48. The number of hydrogen-bond donors (Lipinski definition) is 3. The number of hydrogen-bond acceptors (Lipinski definition) is 4. The summed E-state index contributed by atoms with van der Waals surface area (Å²) in [6.45, 7) is 4.45. The first-order valence-electron chi connectivity index (χ1n) is 5.09. The molecule has 0 heterocycles. The molecule has 4 nitrogen and oxygen atoms in total. The molecule has 0 saturated carbocycles. The molecule has 0 rings (SSSR count). The summed E-state index contributed by atoms with van der Waals surface area (Å²) in [5.41, 5.74) is 4.58. The third-order valence-electron chi connectivity index (χ3n) is 2.06. The molecule has 0 aliphatic heterocycles. The fourth-order valence-corrected chi connectivity index (χ4v) is 1.85. The third-order valence-corrected chi connectivity index (χ3v) is 2.97. The lowest BCUT2D eigenvalue weighted by molar-refractivity contribution is -0.122. The van der Waals surface area contributed by atoms with Crippen LogP contribution in [0.2, 0.25) is 0 Å². The van der Waals surface area contributed by atoms with Gasteiger partial charge in [-0.2, -0.15) is 11.8 Å². The zero-order chi connectivity index (χ0) is 11.9. The normalized spacial score (nSPS) is 16.9. The van der Waals surface area contributed by atoms with Crippen LogP contribution in [0.1, 0.15) is 20.3 Å². The van der Waals surface area contributed by atoms with Gasteiger partial charge in [0, 0.05) is 18.7 Å². The molecule has 15 heavy (non-hydrogen) atoms. The molecule has 0 aliphatic carbocycles. The lowest BCUT2D eigenvalue weighted by Gasteiger charge is -2.22. The highest BCUT2D eigenvalue weighted by atomic mass is 32.2. The average Bonchev–Trinajstić information content (AvgIpc) is 2.15. The molecular weight excluding hydrogens is 212 g/mol. The first-order chi connectivity index (χ1) is 6.91. The van der Waals surface area contributed by atoms with Crippen molar-refractivity contribution < 1.29 is 9.90 Å². The van der Waals surface area contributed by atoms with Crippen molar-refractivity contribution >= 4 is 17.7 Å². The van der Waals surface area contributed by atoms with Gasteiger partial charge in [-0.15, -0.1) is 0 Å². The first kappa shape index (κ1) is 14.7. The molecule has 5 heteroatoms. The molecule has 0 radical (unpaired) electrons. The van der Waals surface area contributed by atoms with Crippen molar-refractivity contribution in [1.82, 2.24) is 5.32 Å². The second-order valence-corrected chi connectivity index (χ2v) is 5.12. The van der Waals surface area contributed by atoms with Gasteiger partial charge >= 0.3 is 0 Å². The minimum absolute atomic E-state index is 0.0469. The second-order valence-electron chi connectivity index (χ2n) is 4.25. The fraction of sp³-hybridized carbons (Fsp3) is 0.900. The van der Waals surface area contributed by atoms with E-state index in [9.17, 15) is 9.90 Å². The summed E-state index contributed by atoms with van der Waals surface area (Å²) < 4.78 is 0. The molecule has 0 fully saturated rings. The van der Waals surface area contributed by atoms with E-state index in [1.165, 1.54) is 0 Å². The predicted molar refractivity (Wildman–Crippen MR) is 64.9 cm³/mol. The number of nitrogens with one attached hydrogen (secondary N) is 1. The van der Waals surface area contributed by atoms with Crippen LogP contribution in [0.15, 0.2) is 0 Å². The molecule has 2 atom stereocenters. The van der Waals surface area contributed by atoms with Gasteiger partial charge < -0.3 is 16.2 Å². The van der Waals surface area contributed by atoms with E-state index in [0.29, 0.717) is 25.3 Å². The van der Waals surface area contributed by atoms with Crippen LogP contribution >= 0.6 is 11.8 Å². The molecule has 90 valence electrons. The monoisotopic (exact) mass is 234 g/mol. The number of carbonyl (C=O) groups is 1. The van der Waals surface area contributed by atoms with Crippen LogP contribution < -0.4 is 11.1 Å². The summed E-state index contributed by atoms with van der Waals surface area (Å²) in [7, 11) is 0. The zero-order valence-corrected chi connectivity index (χ0v) is 10.6. The van der Waals surface area contributed by atoms with Gasteiger partial charge in [0.2, 0.25) is 5.91 Å². The van der Waals surface area contributed by atoms with Crippen molar-refractivity contribution in [3.63, 3.8) is 0 Å². The Morgan fingerprint density at radius 1 is 1.67 bits per heavy atom. The number of rotatable bonds is 7. The van der Waals surface area contributed by atoms with Gasteiger partial charge in [-0.25, -0.2) is 0 Å². The van der Waals surface area contributed by atoms with Gasteiger partial charge in [0.1, 0.15) is 0 Å². The topological polar surface area (TPSA) is 75.3 Å². The van der Waals surface area contributed by atoms with Gasteiger partial charge in [0.05, 0.1) is 5.60 Å². The van der Waals surface area contributed by atoms with Crippen molar-refractivity contribution in [2.24, 2.45) is 11.7 Å². The summed E-state index contributed by atoms with van der Waals surface area (Å²) in [5.74, 6) is 0.754. The SMILES string of the molecule is CSCC(C)(O)CNC(=O)CC(C)CN. The van der Waals surface area contributed by atoms with E-state index in [4.69, 9.17) is 5.73 Å². The van der Waals surface area contributed by atoms with Crippen LogP contribution in [-0.4, -0.2) is 41.7 Å². The summed E-state index contributed by atoms with van der Waals surface area (Å²) in [5, 5.41) is 12.5. The number of aliphatic hydroxyl groups is 1. The van der Waals surface area contributed by atoms with Gasteiger partial charge in [-0.1, -0.05) is 6.92 Å². The van der Waals surface area contributed by atoms with E-state index in [1.807, 2.05) is 13.2 Å². The van der Waals surface area contributed by atoms with E-state index in [1.54, 1.807) is 18.7 Å². The number of thioether (sulfide) groups is 1. The molecule has 0 saturated heterocycles. The molecule has 0 aromatic heterocycles. The average molecular weight is 234 g/mol. The van der Waals surface area contributed by atoms with Crippen molar-refractivity contribution in [2.75, 3.05) is 25.1 Å². The van der Waals surface area contributed by atoms with Gasteiger partial charge in [-0.3, -0.25) is 4.79 Å². The van der Waals surface area contributed by atoms with E-state index in [2.05, 4.69) is 5.32 Å². The van der Waals surface area contributed by atoms with Crippen molar-refractivity contribution in [3.8, 4) is 0 Å². The number of carbonyl (C=O) groups excluding carboxylic acids is 1. The quantitative estimate of drug-likeness (QED) is 0.588. The molecule has 0 spiro atoms. The molecule has 0 aromatic rings. The van der Waals surface area contributed by atoms with Gasteiger partial charge in [0.25, 0.3) is 0 Å². The third kappa shape index (κ3) is 7.64. The van der Waals surface area contributed by atoms with Crippen LogP contribution in [0.3, 0.4) is 0 Å². The van der Waals surface area contributed by atoms with Crippen LogP contribution in [-0.2, 0) is 4.79 Å². The molecule has 0 aromatic carbocycles. The zero-order valence-electron chi connectivity index (χ0n) is 9.75. The summed E-state index contributed by atoms with van der Waals surface area (Å²) in [4.78, 5) is 11.4. The maximum Gasteiger partial charge on any atom is 0.220 e. The lowest BCUT2D eigenvalue weighted by Crippen LogP contribution is -2.43. The maximum absolute atomic E-state index is 11.4. The number of nitrogens with two attached hydrogens (primary N) is 1. The summed E-state index contributed by atoms with van der Waals surface area (Å²) in [6.07, 6.45) is 2.35. The molecular formula is C10H22N2O2S. The van der Waals surface area contributed by atoms with Crippen LogP contribution in [0.5, 0.6) is 0 Å². The van der Waals surface area contributed by atoms with Crippen molar-refractivity contribution in [3.05, 3.63) is 0 Å². The van der Waals surface area contributed by atoms with E-state index in [0.717, 1.165) is 0 Å². The molecule has 4 N–H and O–H groups in total. The predicted octanol–water partition coefficient (Wildman–Crippen LogP) is 0.202. The Kier molecular flexibility index (Phi) is 6.96. The Labute approximate surface area is 96.0 Å². The molecule has 0 bridgehead atoms. The van der Waals surface area contributed by atoms with Crippen molar-refractivity contribution in [1.29, 1.82) is 0 Å². The van der Waals surface area contributed by atoms with E-state index in [-0.39, 0.29) is 11.8 Å². The Bertz CT molecular complexity index is 198. The Hall–Kier alpha value is -0.260. The van der Waals surface area contributed by atoms with E-state index < -0.39 is 5.60 Å². The van der Waals surface area contributed by atoms with Crippen LogP contribution in [0.25, 0.3) is 0 Å². The summed E-state index contributed by atoms with van der Waals surface area (Å²) in [6, 6.07) is 0. The minimum Gasteiger partial charge on any atom is -0.387 e. The van der Waals surface area contributed by atoms with Crippen molar-refractivity contribution in [2.45, 2.75) is 25.9 Å². The fourth-order valence-electron chi connectivity index (χ4n) is 1.12. The Morgan fingerprint density at radius 3 is 2.73 bits per heavy atom. The number of amides is 1. The maximum atomic E-state index is 11.4. The highest BCUT2D eigenvalue weighted by Crippen LogP contribution is 2.09. The lowest BCUT2D eigenvalue weighted by atomic mass is 10.1. The molecule has 2 unspecified atom stereocenters. The highest BCUT2D eigenvalue weighted by molar-refractivity contribution is 7.98. The van der Waals surface area contributed by atoms with Crippen LogP contribution in [0, 0.1) is 5.92 Å². The standard InChI is InChI=1S/C10H22N2O2S/c1-8(5-11)4-9(13)12-6-10(2,14)7-15-3/h8,14H,4-7,11H2,1-3H3,(H,12,13). The highest BCUT2D eigenvalue weighted by Gasteiger charge is 2.20. The summed E-state index contributed by atoms with van der Waals surface area (Å²) >= 11 is 1.56. The molecule has 0 aliphatic rings. The van der Waals surface area contributed by atoms with Gasteiger partial charge in [-0.05, 0) is 25.6 Å². The Morgan fingerprint density at radius 2 is 2.27 bits per heavy atom. The van der Waals surface area contributed by atoms with Crippen LogP contribution in [0.4, 0.5) is 0 Å². The minimum atomic E-state index is -0.832. The van der Waals surface area contributed by atoms with Gasteiger partial charge in [0.15, 0.2) is 0 Å². The largest absolute Gasteiger partial charge is 0.387 e.